The van der Waals surface area contributed by atoms with Crippen LogP contribution in [0.25, 0.3) is 0 Å². The lowest BCUT2D eigenvalue weighted by Gasteiger charge is -2.40. The molecule has 4 heterocycles. The highest BCUT2D eigenvalue weighted by atomic mass is 15.2. The number of nitrogens with one attached hydrogen (secondary N) is 3. The Kier molecular flexibility index (Phi) is 4.03. The van der Waals surface area contributed by atoms with Gasteiger partial charge in [-0.25, -0.2) is 0 Å². The Morgan fingerprint density at radius 1 is 1.04 bits per heavy atom. The maximum atomic E-state index is 3.72. The van der Waals surface area contributed by atoms with Crippen molar-refractivity contribution in [1.29, 1.82) is 0 Å². The summed E-state index contributed by atoms with van der Waals surface area (Å²) in [6.07, 6.45) is 3.21. The lowest BCUT2D eigenvalue weighted by molar-refractivity contribution is 0.254. The van der Waals surface area contributed by atoms with E-state index in [1.165, 1.54) is 28.3 Å². The first-order valence-electron chi connectivity index (χ1n) is 9.98. The molecule has 0 spiro atoms. The van der Waals surface area contributed by atoms with Crippen molar-refractivity contribution in [2.45, 2.75) is 73.0 Å². The molecule has 0 bridgehead atoms. The van der Waals surface area contributed by atoms with E-state index in [1.54, 1.807) is 0 Å². The van der Waals surface area contributed by atoms with Gasteiger partial charge >= 0.3 is 0 Å². The average molecular weight is 355 g/mol. The Bertz CT molecular complexity index is 784. The van der Waals surface area contributed by atoms with Gasteiger partial charge in [-0.3, -0.25) is 0 Å². The van der Waals surface area contributed by atoms with Crippen molar-refractivity contribution in [3.05, 3.63) is 40.8 Å². The van der Waals surface area contributed by atoms with Crippen LogP contribution >= 0.6 is 0 Å². The van der Waals surface area contributed by atoms with Gasteiger partial charge in [-0.2, -0.15) is 0 Å². The van der Waals surface area contributed by atoms with Crippen LogP contribution in [-0.4, -0.2) is 22.6 Å². The van der Waals surface area contributed by atoms with Gasteiger partial charge in [-0.05, 0) is 40.5 Å². The van der Waals surface area contributed by atoms with Crippen molar-refractivity contribution in [3.63, 3.8) is 0 Å². The van der Waals surface area contributed by atoms with Crippen molar-refractivity contribution in [2.75, 3.05) is 11.4 Å². The number of aromatic nitrogens is 2. The Labute approximate surface area is 157 Å². The lowest BCUT2D eigenvalue weighted by Crippen LogP contribution is -2.44. The van der Waals surface area contributed by atoms with E-state index in [0.717, 1.165) is 26.1 Å². The summed E-state index contributed by atoms with van der Waals surface area (Å²) >= 11 is 0. The molecule has 0 aliphatic carbocycles. The van der Waals surface area contributed by atoms with Crippen molar-refractivity contribution in [1.82, 2.24) is 15.3 Å². The second-order valence-electron chi connectivity index (χ2n) is 10.4. The molecular weight excluding hydrogens is 320 g/mol. The summed E-state index contributed by atoms with van der Waals surface area (Å²) < 4.78 is 0. The molecule has 2 aliphatic rings. The SMILES string of the molecule is CC(C)(C)C1Cc2cc(N3Cc4[nH]ccc4C(C(C)(C)C)C3)[nH]c2CN1. The number of nitrogens with zero attached hydrogens (tertiary/aromatic N) is 1. The third-order valence-corrected chi connectivity index (χ3v) is 6.35. The molecule has 0 amide bonds. The molecule has 0 aromatic carbocycles. The second kappa shape index (κ2) is 5.91. The molecule has 0 saturated heterocycles. The molecule has 4 rings (SSSR count). The Morgan fingerprint density at radius 3 is 2.50 bits per heavy atom. The Morgan fingerprint density at radius 2 is 1.81 bits per heavy atom. The topological polar surface area (TPSA) is 46.9 Å². The van der Waals surface area contributed by atoms with Crippen LogP contribution in [0, 0.1) is 10.8 Å². The highest BCUT2D eigenvalue weighted by Gasteiger charge is 2.36. The fourth-order valence-corrected chi connectivity index (χ4v) is 4.54. The molecule has 2 aromatic heterocycles. The molecule has 3 N–H and O–H groups in total. The van der Waals surface area contributed by atoms with Gasteiger partial charge in [0.2, 0.25) is 0 Å². The maximum absolute atomic E-state index is 3.72. The summed E-state index contributed by atoms with van der Waals surface area (Å²) in [4.78, 5) is 9.73. The number of hydrogen-bond donors (Lipinski definition) is 3. The molecule has 2 unspecified atom stereocenters. The Hall–Kier alpha value is -1.68. The monoisotopic (exact) mass is 354 g/mol. The van der Waals surface area contributed by atoms with E-state index in [2.05, 4.69) is 80.1 Å². The van der Waals surface area contributed by atoms with E-state index in [0.29, 0.717) is 12.0 Å². The zero-order chi connectivity index (χ0) is 18.7. The van der Waals surface area contributed by atoms with E-state index in [1.807, 2.05) is 0 Å². The van der Waals surface area contributed by atoms with E-state index in [4.69, 9.17) is 0 Å². The fourth-order valence-electron chi connectivity index (χ4n) is 4.54. The van der Waals surface area contributed by atoms with Gasteiger partial charge in [0.1, 0.15) is 5.82 Å². The summed E-state index contributed by atoms with van der Waals surface area (Å²) in [5.41, 5.74) is 6.26. The Balaban J connectivity index is 1.61. The van der Waals surface area contributed by atoms with Gasteiger partial charge in [0.25, 0.3) is 0 Å². The first-order valence-corrected chi connectivity index (χ1v) is 9.98. The zero-order valence-corrected chi connectivity index (χ0v) is 17.2. The largest absolute Gasteiger partial charge is 0.363 e. The zero-order valence-electron chi connectivity index (χ0n) is 17.2. The first-order chi connectivity index (χ1) is 12.1. The first kappa shape index (κ1) is 17.7. The van der Waals surface area contributed by atoms with Crippen LogP contribution in [0.3, 0.4) is 0 Å². The summed E-state index contributed by atoms with van der Waals surface area (Å²) in [7, 11) is 0. The highest BCUT2D eigenvalue weighted by Crippen LogP contribution is 2.42. The molecule has 2 atom stereocenters. The van der Waals surface area contributed by atoms with Crippen LogP contribution in [0.5, 0.6) is 0 Å². The number of fused-ring (bicyclic) bond motifs is 2. The standard InChI is InChI=1S/C22H34N4/c1-21(2,3)16-12-26(13-18-15(16)7-8-23-18)20-10-14-9-19(22(4,5)6)24-11-17(14)25-20/h7-8,10,16,19,23-25H,9,11-13H2,1-6H3. The van der Waals surface area contributed by atoms with Crippen LogP contribution in [0.2, 0.25) is 0 Å². The quantitative estimate of drug-likeness (QED) is 0.703. The molecule has 4 heteroatoms. The van der Waals surface area contributed by atoms with Crippen LogP contribution in [0.4, 0.5) is 5.82 Å². The fraction of sp³-hybridized carbons (Fsp3) is 0.636. The smallest absolute Gasteiger partial charge is 0.106 e. The summed E-state index contributed by atoms with van der Waals surface area (Å²) in [6, 6.07) is 5.22. The maximum Gasteiger partial charge on any atom is 0.106 e. The van der Waals surface area contributed by atoms with Crippen LogP contribution < -0.4 is 10.2 Å². The molecule has 4 nitrogen and oxygen atoms in total. The summed E-state index contributed by atoms with van der Waals surface area (Å²) in [5.74, 6) is 1.82. The number of H-pyrrole nitrogens is 2. The number of rotatable bonds is 1. The predicted molar refractivity (Wildman–Crippen MR) is 109 cm³/mol. The van der Waals surface area contributed by atoms with Gasteiger partial charge in [-0.15, -0.1) is 0 Å². The molecule has 0 fully saturated rings. The minimum Gasteiger partial charge on any atom is -0.363 e. The minimum absolute atomic E-state index is 0.251. The third kappa shape index (κ3) is 3.09. The second-order valence-corrected chi connectivity index (χ2v) is 10.4. The molecule has 2 aromatic rings. The third-order valence-electron chi connectivity index (χ3n) is 6.35. The molecule has 142 valence electrons. The van der Waals surface area contributed by atoms with Gasteiger partial charge in [0, 0.05) is 42.6 Å². The molecule has 26 heavy (non-hydrogen) atoms. The molecule has 0 radical (unpaired) electrons. The average Bonchev–Trinajstić information content (AvgIpc) is 3.17. The van der Waals surface area contributed by atoms with Crippen molar-refractivity contribution in [2.24, 2.45) is 10.8 Å². The molecular formula is C22H34N4. The summed E-state index contributed by atoms with van der Waals surface area (Å²) in [5, 5.41) is 3.72. The lowest BCUT2D eigenvalue weighted by atomic mass is 9.74. The van der Waals surface area contributed by atoms with E-state index in [9.17, 15) is 0 Å². The van der Waals surface area contributed by atoms with Crippen molar-refractivity contribution < 1.29 is 0 Å². The predicted octanol–water partition coefficient (Wildman–Crippen LogP) is 4.55. The number of anilines is 1. The normalized spacial score (nSPS) is 23.7. The van der Waals surface area contributed by atoms with Crippen LogP contribution in [-0.2, 0) is 19.5 Å². The highest BCUT2D eigenvalue weighted by molar-refractivity contribution is 5.50. The van der Waals surface area contributed by atoms with Gasteiger partial charge < -0.3 is 20.2 Å². The number of aromatic amines is 2. The minimum atomic E-state index is 0.251. The van der Waals surface area contributed by atoms with E-state index < -0.39 is 0 Å². The van der Waals surface area contributed by atoms with Gasteiger partial charge in [-0.1, -0.05) is 41.5 Å². The van der Waals surface area contributed by atoms with Crippen molar-refractivity contribution >= 4 is 5.82 Å². The van der Waals surface area contributed by atoms with Crippen LogP contribution in [0.1, 0.15) is 70.0 Å². The molecule has 2 aliphatic heterocycles. The number of hydrogen-bond acceptors (Lipinski definition) is 2. The summed E-state index contributed by atoms with van der Waals surface area (Å²) in [6.45, 7) is 17.0. The van der Waals surface area contributed by atoms with E-state index >= 15 is 0 Å². The van der Waals surface area contributed by atoms with Gasteiger partial charge in [0.05, 0.1) is 6.54 Å². The van der Waals surface area contributed by atoms with Gasteiger partial charge in [0.15, 0.2) is 0 Å². The van der Waals surface area contributed by atoms with E-state index in [-0.39, 0.29) is 10.8 Å². The van der Waals surface area contributed by atoms with Crippen molar-refractivity contribution in [3.8, 4) is 0 Å². The van der Waals surface area contributed by atoms with Crippen LogP contribution in [0.15, 0.2) is 18.3 Å². The molecule has 0 saturated carbocycles.